The molecule has 1 aromatic heterocycles. The van der Waals surface area contributed by atoms with Gasteiger partial charge < -0.3 is 0 Å². The molecule has 1 heterocycles. The molecule has 0 amide bonds. The van der Waals surface area contributed by atoms with Crippen molar-refractivity contribution in [1.29, 1.82) is 0 Å². The van der Waals surface area contributed by atoms with Gasteiger partial charge >= 0.3 is 0 Å². The molecule has 0 atom stereocenters. The Morgan fingerprint density at radius 3 is 2.42 bits per heavy atom. The summed E-state index contributed by atoms with van der Waals surface area (Å²) in [6.45, 7) is 2.07. The quantitative estimate of drug-likeness (QED) is 0.433. The zero-order valence-electron chi connectivity index (χ0n) is 14.8. The van der Waals surface area contributed by atoms with Gasteiger partial charge in [-0.25, -0.2) is 0 Å². The number of ketones is 1. The van der Waals surface area contributed by atoms with E-state index in [-0.39, 0.29) is 5.78 Å². The molecule has 0 fully saturated rings. The third-order valence-corrected chi connectivity index (χ3v) is 6.01. The maximum atomic E-state index is 13.2. The van der Waals surface area contributed by atoms with Gasteiger partial charge in [0, 0.05) is 16.0 Å². The lowest BCUT2D eigenvalue weighted by Crippen LogP contribution is -2.08. The molecule has 2 heteroatoms. The first-order valence-electron chi connectivity index (χ1n) is 9.05. The molecule has 0 aliphatic heterocycles. The highest BCUT2D eigenvalue weighted by molar-refractivity contribution is 7.13. The van der Waals surface area contributed by atoms with Crippen molar-refractivity contribution in [1.82, 2.24) is 0 Å². The van der Waals surface area contributed by atoms with Crippen LogP contribution >= 0.6 is 11.3 Å². The van der Waals surface area contributed by atoms with Gasteiger partial charge in [0.05, 0.1) is 10.4 Å². The topological polar surface area (TPSA) is 17.1 Å². The van der Waals surface area contributed by atoms with Crippen LogP contribution in [-0.4, -0.2) is 5.78 Å². The fourth-order valence-electron chi connectivity index (χ4n) is 3.39. The highest BCUT2D eigenvalue weighted by atomic mass is 32.1. The van der Waals surface area contributed by atoms with E-state index in [1.807, 2.05) is 42.5 Å². The fraction of sp³-hybridized carbons (Fsp3) is 0.208. The van der Waals surface area contributed by atoms with E-state index < -0.39 is 0 Å². The van der Waals surface area contributed by atoms with E-state index >= 15 is 0 Å². The monoisotopic (exact) mass is 356 g/mol. The van der Waals surface area contributed by atoms with Crippen molar-refractivity contribution >= 4 is 17.1 Å². The van der Waals surface area contributed by atoms with E-state index in [1.54, 1.807) is 11.3 Å². The zero-order valence-corrected chi connectivity index (χ0v) is 15.7. The van der Waals surface area contributed by atoms with Gasteiger partial charge in [0.2, 0.25) is 0 Å². The van der Waals surface area contributed by atoms with Gasteiger partial charge in [-0.3, -0.25) is 4.79 Å². The molecule has 1 aliphatic rings. The number of aryl methyl sites for hydroxylation is 2. The van der Waals surface area contributed by atoms with E-state index in [9.17, 15) is 4.79 Å². The second kappa shape index (κ2) is 7.32. The van der Waals surface area contributed by atoms with E-state index in [4.69, 9.17) is 0 Å². The Balaban J connectivity index is 1.79. The van der Waals surface area contributed by atoms with Gasteiger partial charge in [0.25, 0.3) is 0 Å². The minimum Gasteiger partial charge on any atom is -0.289 e. The second-order valence-electron chi connectivity index (χ2n) is 6.73. The van der Waals surface area contributed by atoms with Crippen molar-refractivity contribution in [2.45, 2.75) is 32.6 Å². The number of benzene rings is 2. The van der Waals surface area contributed by atoms with E-state index in [2.05, 4.69) is 30.9 Å². The van der Waals surface area contributed by atoms with Crippen molar-refractivity contribution in [2.75, 3.05) is 0 Å². The SMILES string of the molecule is Cc1ccc(C#Cc2sc3c(c2C(=O)c2ccccc2)CCCC3)cc1. The van der Waals surface area contributed by atoms with Crippen molar-refractivity contribution in [3.63, 3.8) is 0 Å². The summed E-state index contributed by atoms with van der Waals surface area (Å²) in [5, 5.41) is 0. The summed E-state index contributed by atoms with van der Waals surface area (Å²) in [5.41, 5.74) is 5.04. The molecule has 1 nitrogen and oxygen atoms in total. The third-order valence-electron chi connectivity index (χ3n) is 4.81. The van der Waals surface area contributed by atoms with Gasteiger partial charge in [0.15, 0.2) is 5.78 Å². The highest BCUT2D eigenvalue weighted by Crippen LogP contribution is 2.35. The average molecular weight is 356 g/mol. The normalized spacial score (nSPS) is 12.8. The van der Waals surface area contributed by atoms with Crippen LogP contribution in [0.15, 0.2) is 54.6 Å². The molecule has 3 aromatic rings. The van der Waals surface area contributed by atoms with Crippen LogP contribution in [0.1, 0.15) is 55.2 Å². The standard InChI is InChI=1S/C24H20OS/c1-17-11-13-18(14-12-17)15-16-22-23(20-9-5-6-10-21(20)26-22)24(25)19-7-3-2-4-8-19/h2-4,7-8,11-14H,5-6,9-10H2,1H3. The molecule has 0 N–H and O–H groups in total. The molecule has 0 spiro atoms. The molecule has 2 aromatic carbocycles. The van der Waals surface area contributed by atoms with Gasteiger partial charge in [-0.15, -0.1) is 11.3 Å². The van der Waals surface area contributed by atoms with Crippen LogP contribution in [0.2, 0.25) is 0 Å². The van der Waals surface area contributed by atoms with Crippen LogP contribution in [-0.2, 0) is 12.8 Å². The molecule has 0 saturated carbocycles. The van der Waals surface area contributed by atoms with Crippen molar-refractivity contribution in [3.05, 3.63) is 92.2 Å². The summed E-state index contributed by atoms with van der Waals surface area (Å²) in [5.74, 6) is 6.67. The summed E-state index contributed by atoms with van der Waals surface area (Å²) in [7, 11) is 0. The lowest BCUT2D eigenvalue weighted by molar-refractivity contribution is 0.103. The Hall–Kier alpha value is -2.63. The predicted molar refractivity (Wildman–Crippen MR) is 108 cm³/mol. The number of fused-ring (bicyclic) bond motifs is 1. The maximum absolute atomic E-state index is 13.2. The Labute approximate surface area is 158 Å². The van der Waals surface area contributed by atoms with Crippen LogP contribution in [0.5, 0.6) is 0 Å². The highest BCUT2D eigenvalue weighted by Gasteiger charge is 2.25. The average Bonchev–Trinajstić information content (AvgIpc) is 3.06. The molecule has 1 aliphatic carbocycles. The molecular weight excluding hydrogens is 336 g/mol. The molecule has 26 heavy (non-hydrogen) atoms. The van der Waals surface area contributed by atoms with Crippen LogP contribution in [0, 0.1) is 18.8 Å². The Morgan fingerprint density at radius 2 is 1.65 bits per heavy atom. The summed E-state index contributed by atoms with van der Waals surface area (Å²) in [4.78, 5) is 15.5. The first kappa shape index (κ1) is 16.8. The van der Waals surface area contributed by atoms with Gasteiger partial charge in [-0.2, -0.15) is 0 Å². The van der Waals surface area contributed by atoms with Crippen LogP contribution in [0.3, 0.4) is 0 Å². The molecule has 0 unspecified atom stereocenters. The zero-order chi connectivity index (χ0) is 17.9. The predicted octanol–water partition coefficient (Wildman–Crippen LogP) is 5.57. The molecule has 0 saturated heterocycles. The number of hydrogen-bond donors (Lipinski definition) is 0. The Morgan fingerprint density at radius 1 is 0.923 bits per heavy atom. The minimum atomic E-state index is 0.109. The summed E-state index contributed by atoms with van der Waals surface area (Å²) in [6, 6.07) is 17.8. The van der Waals surface area contributed by atoms with Gasteiger partial charge in [-0.05, 0) is 56.2 Å². The van der Waals surface area contributed by atoms with Crippen molar-refractivity contribution in [2.24, 2.45) is 0 Å². The van der Waals surface area contributed by atoms with Crippen molar-refractivity contribution < 1.29 is 4.79 Å². The lowest BCUT2D eigenvalue weighted by Gasteiger charge is -2.12. The number of carbonyl (C=O) groups is 1. The van der Waals surface area contributed by atoms with E-state index in [0.29, 0.717) is 0 Å². The number of thiophene rings is 1. The molecule has 128 valence electrons. The minimum absolute atomic E-state index is 0.109. The Bertz CT molecular complexity index is 998. The number of rotatable bonds is 2. The molecule has 0 bridgehead atoms. The first-order valence-corrected chi connectivity index (χ1v) is 9.87. The number of carbonyl (C=O) groups excluding carboxylic acids is 1. The third kappa shape index (κ3) is 3.36. The smallest absolute Gasteiger partial charge is 0.195 e. The second-order valence-corrected chi connectivity index (χ2v) is 7.83. The summed E-state index contributed by atoms with van der Waals surface area (Å²) < 4.78 is 0. The fourth-order valence-corrected chi connectivity index (χ4v) is 4.63. The van der Waals surface area contributed by atoms with Crippen LogP contribution < -0.4 is 0 Å². The van der Waals surface area contributed by atoms with E-state index in [1.165, 1.54) is 22.4 Å². The maximum Gasteiger partial charge on any atom is 0.195 e. The van der Waals surface area contributed by atoms with Gasteiger partial charge in [-0.1, -0.05) is 53.9 Å². The molecular formula is C24H20OS. The van der Waals surface area contributed by atoms with Crippen molar-refractivity contribution in [3.8, 4) is 11.8 Å². The van der Waals surface area contributed by atoms with Gasteiger partial charge in [0.1, 0.15) is 0 Å². The molecule has 0 radical (unpaired) electrons. The molecule has 4 rings (SSSR count). The van der Waals surface area contributed by atoms with Crippen LogP contribution in [0.4, 0.5) is 0 Å². The lowest BCUT2D eigenvalue weighted by atomic mass is 9.91. The van der Waals surface area contributed by atoms with Crippen LogP contribution in [0.25, 0.3) is 0 Å². The number of hydrogen-bond acceptors (Lipinski definition) is 2. The Kier molecular flexibility index (Phi) is 4.73. The van der Waals surface area contributed by atoms with E-state index in [0.717, 1.165) is 40.8 Å². The largest absolute Gasteiger partial charge is 0.289 e. The summed E-state index contributed by atoms with van der Waals surface area (Å²) >= 11 is 1.71. The first-order chi connectivity index (χ1) is 12.7. The summed E-state index contributed by atoms with van der Waals surface area (Å²) in [6.07, 6.45) is 4.42.